The summed E-state index contributed by atoms with van der Waals surface area (Å²) >= 11 is 0. The van der Waals surface area contributed by atoms with Gasteiger partial charge in [-0.05, 0) is 34.1 Å². The predicted molar refractivity (Wildman–Crippen MR) is 76.8 cm³/mol. The van der Waals surface area contributed by atoms with Crippen molar-refractivity contribution in [2.24, 2.45) is 5.92 Å². The highest BCUT2D eigenvalue weighted by Gasteiger charge is 2.30. The van der Waals surface area contributed by atoms with Crippen LogP contribution in [-0.4, -0.2) is 48.0 Å². The van der Waals surface area contributed by atoms with E-state index in [-0.39, 0.29) is 30.5 Å². The molecule has 1 aliphatic rings. The molecule has 0 bridgehead atoms. The van der Waals surface area contributed by atoms with E-state index in [1.54, 1.807) is 27.7 Å². The molecule has 0 aromatic rings. The van der Waals surface area contributed by atoms with Crippen molar-refractivity contribution in [3.63, 3.8) is 0 Å². The van der Waals surface area contributed by atoms with Crippen LogP contribution in [0.15, 0.2) is 0 Å². The molecule has 0 saturated carbocycles. The monoisotopic (exact) mass is 299 g/mol. The Bertz CT molecular complexity index is 399. The molecule has 0 unspecified atom stereocenters. The van der Waals surface area contributed by atoms with Crippen LogP contribution in [0.2, 0.25) is 0 Å². The van der Waals surface area contributed by atoms with Crippen LogP contribution in [0.3, 0.4) is 0 Å². The van der Waals surface area contributed by atoms with Gasteiger partial charge in [-0.3, -0.25) is 9.59 Å². The quantitative estimate of drug-likeness (QED) is 0.747. The number of esters is 1. The average Bonchev–Trinajstić information content (AvgIpc) is 2.51. The van der Waals surface area contributed by atoms with Crippen molar-refractivity contribution in [1.29, 1.82) is 0 Å². The van der Waals surface area contributed by atoms with Crippen molar-refractivity contribution in [3.05, 3.63) is 0 Å². The molecule has 1 atom stereocenters. The van der Waals surface area contributed by atoms with Gasteiger partial charge < -0.3 is 14.4 Å². The van der Waals surface area contributed by atoms with Crippen LogP contribution >= 0.6 is 0 Å². The molecule has 120 valence electrons. The topological polar surface area (TPSA) is 72.9 Å². The lowest BCUT2D eigenvalue weighted by atomic mass is 9.96. The molecule has 0 aliphatic carbocycles. The maximum atomic E-state index is 12.0. The Balaban J connectivity index is 2.57. The van der Waals surface area contributed by atoms with E-state index in [2.05, 4.69) is 0 Å². The van der Waals surface area contributed by atoms with E-state index in [0.29, 0.717) is 26.1 Å². The van der Waals surface area contributed by atoms with Gasteiger partial charge in [0.1, 0.15) is 11.4 Å². The second-order valence-corrected chi connectivity index (χ2v) is 6.18. The van der Waals surface area contributed by atoms with Crippen molar-refractivity contribution < 1.29 is 23.9 Å². The number of nitrogens with zero attached hydrogens (tertiary/aromatic N) is 1. The Labute approximate surface area is 125 Å². The third kappa shape index (κ3) is 6.14. The van der Waals surface area contributed by atoms with Crippen LogP contribution < -0.4 is 0 Å². The highest BCUT2D eigenvalue weighted by Crippen LogP contribution is 2.20. The zero-order valence-corrected chi connectivity index (χ0v) is 13.3. The molecule has 21 heavy (non-hydrogen) atoms. The number of likely N-dealkylation sites (tertiary alicyclic amines) is 1. The van der Waals surface area contributed by atoms with Crippen molar-refractivity contribution >= 4 is 17.8 Å². The molecule has 0 aromatic carbocycles. The third-order valence-corrected chi connectivity index (χ3v) is 3.20. The number of ether oxygens (including phenoxy) is 2. The molecule has 6 heteroatoms. The number of carbonyl (C=O) groups excluding carboxylic acids is 3. The minimum atomic E-state index is -0.558. The lowest BCUT2D eigenvalue weighted by Crippen LogP contribution is -2.37. The first-order valence-corrected chi connectivity index (χ1v) is 7.39. The normalized spacial score (nSPS) is 19.9. The van der Waals surface area contributed by atoms with Gasteiger partial charge in [0.05, 0.1) is 13.0 Å². The van der Waals surface area contributed by atoms with E-state index in [1.807, 2.05) is 0 Å². The first-order chi connectivity index (χ1) is 9.73. The molecule has 1 rings (SSSR count). The standard InChI is InChI=1S/C15H25NO5/c1-5-20-13(18)10-11-6-8-16(9-7-12(11)17)14(19)21-15(2,3)4/h11H,5-10H2,1-4H3/t11-/m1/s1. The molecular weight excluding hydrogens is 274 g/mol. The fraction of sp³-hybridized carbons (Fsp3) is 0.800. The summed E-state index contributed by atoms with van der Waals surface area (Å²) in [6.45, 7) is 8.21. The lowest BCUT2D eigenvalue weighted by molar-refractivity contribution is -0.146. The van der Waals surface area contributed by atoms with Crippen molar-refractivity contribution in [3.8, 4) is 0 Å². The van der Waals surface area contributed by atoms with Crippen LogP contribution in [0, 0.1) is 5.92 Å². The molecule has 0 N–H and O–H groups in total. The lowest BCUT2D eigenvalue weighted by Gasteiger charge is -2.26. The number of carbonyl (C=O) groups is 3. The molecule has 1 saturated heterocycles. The summed E-state index contributed by atoms with van der Waals surface area (Å²) in [5.74, 6) is -0.716. The van der Waals surface area contributed by atoms with Gasteiger partial charge in [0.25, 0.3) is 0 Å². The van der Waals surface area contributed by atoms with Crippen LogP contribution in [0.25, 0.3) is 0 Å². The first kappa shape index (κ1) is 17.5. The predicted octanol–water partition coefficient (Wildman–Crippen LogP) is 2.16. The van der Waals surface area contributed by atoms with Gasteiger partial charge in [-0.2, -0.15) is 0 Å². The highest BCUT2D eigenvalue weighted by molar-refractivity contribution is 5.86. The maximum Gasteiger partial charge on any atom is 0.410 e. The minimum absolute atomic E-state index is 0.00844. The molecule has 1 fully saturated rings. The van der Waals surface area contributed by atoms with Crippen molar-refractivity contribution in [2.75, 3.05) is 19.7 Å². The van der Waals surface area contributed by atoms with Crippen LogP contribution in [0.1, 0.15) is 47.0 Å². The summed E-state index contributed by atoms with van der Waals surface area (Å²) in [4.78, 5) is 37.1. The van der Waals surface area contributed by atoms with Crippen LogP contribution in [-0.2, 0) is 19.1 Å². The largest absolute Gasteiger partial charge is 0.466 e. The van der Waals surface area contributed by atoms with E-state index >= 15 is 0 Å². The van der Waals surface area contributed by atoms with E-state index in [0.717, 1.165) is 0 Å². The Hall–Kier alpha value is -1.59. The van der Waals surface area contributed by atoms with Crippen LogP contribution in [0.5, 0.6) is 0 Å². The van der Waals surface area contributed by atoms with E-state index < -0.39 is 11.7 Å². The number of hydrogen-bond donors (Lipinski definition) is 0. The fourth-order valence-corrected chi connectivity index (χ4v) is 2.18. The zero-order valence-electron chi connectivity index (χ0n) is 13.3. The summed E-state index contributed by atoms with van der Waals surface area (Å²) in [5, 5.41) is 0. The Morgan fingerprint density at radius 2 is 1.95 bits per heavy atom. The van der Waals surface area contributed by atoms with Gasteiger partial charge in [-0.25, -0.2) is 4.79 Å². The van der Waals surface area contributed by atoms with Crippen molar-refractivity contribution in [1.82, 2.24) is 4.90 Å². The SMILES string of the molecule is CCOC(=O)C[C@H]1CCN(C(=O)OC(C)(C)C)CCC1=O. The number of Topliss-reactive ketones (excluding diaryl/α,β-unsaturated/α-hetero) is 1. The second kappa shape index (κ2) is 7.43. The summed E-state index contributed by atoms with van der Waals surface area (Å²) < 4.78 is 10.2. The Morgan fingerprint density at radius 1 is 1.29 bits per heavy atom. The third-order valence-electron chi connectivity index (χ3n) is 3.20. The second-order valence-electron chi connectivity index (χ2n) is 6.18. The van der Waals surface area contributed by atoms with Gasteiger partial charge in [-0.1, -0.05) is 0 Å². The van der Waals surface area contributed by atoms with Gasteiger partial charge >= 0.3 is 12.1 Å². The van der Waals surface area contributed by atoms with Gasteiger partial charge in [0.2, 0.25) is 0 Å². The van der Waals surface area contributed by atoms with Gasteiger partial charge in [0, 0.05) is 25.4 Å². The minimum Gasteiger partial charge on any atom is -0.466 e. The smallest absolute Gasteiger partial charge is 0.410 e. The van der Waals surface area contributed by atoms with Crippen LogP contribution in [0.4, 0.5) is 4.79 Å². The van der Waals surface area contributed by atoms with Crippen molar-refractivity contribution in [2.45, 2.75) is 52.6 Å². The Kier molecular flexibility index (Phi) is 6.18. The van der Waals surface area contributed by atoms with Gasteiger partial charge in [-0.15, -0.1) is 0 Å². The zero-order chi connectivity index (χ0) is 16.0. The van der Waals surface area contributed by atoms with E-state index in [9.17, 15) is 14.4 Å². The summed E-state index contributed by atoms with van der Waals surface area (Å²) in [6, 6.07) is 0. The average molecular weight is 299 g/mol. The number of rotatable bonds is 3. The summed E-state index contributed by atoms with van der Waals surface area (Å²) in [5.41, 5.74) is -0.558. The molecular formula is C15H25NO5. The highest BCUT2D eigenvalue weighted by atomic mass is 16.6. The molecule has 0 radical (unpaired) electrons. The molecule has 1 amide bonds. The number of hydrogen-bond acceptors (Lipinski definition) is 5. The Morgan fingerprint density at radius 3 is 2.52 bits per heavy atom. The molecule has 1 heterocycles. The van der Waals surface area contributed by atoms with E-state index in [4.69, 9.17) is 9.47 Å². The first-order valence-electron chi connectivity index (χ1n) is 7.39. The fourth-order valence-electron chi connectivity index (χ4n) is 2.18. The molecule has 6 nitrogen and oxygen atoms in total. The summed E-state index contributed by atoms with van der Waals surface area (Å²) in [7, 11) is 0. The number of amides is 1. The molecule has 0 spiro atoms. The van der Waals surface area contributed by atoms with E-state index in [1.165, 1.54) is 4.90 Å². The van der Waals surface area contributed by atoms with Gasteiger partial charge in [0.15, 0.2) is 0 Å². The molecule has 0 aromatic heterocycles. The summed E-state index contributed by atoms with van der Waals surface area (Å²) in [6.07, 6.45) is 0.404. The number of ketones is 1. The maximum absolute atomic E-state index is 12.0. The molecule has 1 aliphatic heterocycles.